The monoisotopic (exact) mass is 396 g/mol. The highest BCUT2D eigenvalue weighted by atomic mass is 127. The zero-order chi connectivity index (χ0) is 13.5. The normalized spacial score (nSPS) is 12.3. The molecule has 0 saturated carbocycles. The van der Waals surface area contributed by atoms with Crippen LogP contribution in [-0.2, 0) is 11.5 Å². The number of nitrogens with zero attached hydrogens (tertiary/aromatic N) is 4. The summed E-state index contributed by atoms with van der Waals surface area (Å²) < 4.78 is 7.86. The number of methoxy groups -OCH3 is 1. The standard InChI is InChI=1S/C10H14ClIN4OSi/c1-17-5-16-8-6(13-9(16)12)7(11)14-10(15-8)18(2,3)4/h5H2,1-4H3. The molecule has 2 aromatic heterocycles. The molecular weight excluding hydrogens is 383 g/mol. The molecular formula is C10H14ClIN4OSi. The summed E-state index contributed by atoms with van der Waals surface area (Å²) in [5, 5.41) is 0.421. The first kappa shape index (κ1) is 14.2. The highest BCUT2D eigenvalue weighted by Crippen LogP contribution is 2.21. The van der Waals surface area contributed by atoms with Gasteiger partial charge in [-0.3, -0.25) is 4.57 Å². The van der Waals surface area contributed by atoms with E-state index in [1.807, 2.05) is 4.57 Å². The van der Waals surface area contributed by atoms with Crippen LogP contribution in [0.25, 0.3) is 11.2 Å². The Morgan fingerprint density at radius 1 is 1.28 bits per heavy atom. The maximum atomic E-state index is 6.20. The molecule has 0 amide bonds. The predicted octanol–water partition coefficient (Wildman–Crippen LogP) is 2.23. The largest absolute Gasteiger partial charge is 0.364 e. The van der Waals surface area contributed by atoms with Gasteiger partial charge in [-0.15, -0.1) is 0 Å². The van der Waals surface area contributed by atoms with Gasteiger partial charge in [0.25, 0.3) is 0 Å². The summed E-state index contributed by atoms with van der Waals surface area (Å²) >= 11 is 8.35. The van der Waals surface area contributed by atoms with Gasteiger partial charge in [0.2, 0.25) is 0 Å². The molecule has 0 spiro atoms. The van der Waals surface area contributed by atoms with Crippen LogP contribution in [0.5, 0.6) is 0 Å². The van der Waals surface area contributed by atoms with Crippen molar-refractivity contribution < 1.29 is 4.74 Å². The molecule has 98 valence electrons. The molecule has 0 fully saturated rings. The third-order valence-electron chi connectivity index (χ3n) is 2.43. The lowest BCUT2D eigenvalue weighted by molar-refractivity contribution is 0.132. The summed E-state index contributed by atoms with van der Waals surface area (Å²) in [6, 6.07) is 0. The van der Waals surface area contributed by atoms with Crippen molar-refractivity contribution in [1.29, 1.82) is 0 Å². The zero-order valence-corrected chi connectivity index (χ0v) is 14.6. The highest BCUT2D eigenvalue weighted by molar-refractivity contribution is 14.1. The van der Waals surface area contributed by atoms with Gasteiger partial charge in [-0.2, -0.15) is 0 Å². The van der Waals surface area contributed by atoms with Gasteiger partial charge in [0.05, 0.1) is 0 Å². The molecule has 18 heavy (non-hydrogen) atoms. The van der Waals surface area contributed by atoms with Crippen LogP contribution in [0.1, 0.15) is 0 Å². The second kappa shape index (κ2) is 5.03. The average molecular weight is 397 g/mol. The highest BCUT2D eigenvalue weighted by Gasteiger charge is 2.24. The van der Waals surface area contributed by atoms with Gasteiger partial charge < -0.3 is 4.74 Å². The summed E-state index contributed by atoms with van der Waals surface area (Å²) in [6.45, 7) is 6.97. The Labute approximate surface area is 125 Å². The van der Waals surface area contributed by atoms with E-state index in [-0.39, 0.29) is 0 Å². The minimum atomic E-state index is -1.61. The smallest absolute Gasteiger partial charge is 0.175 e. The molecule has 2 rings (SSSR count). The number of hydrogen-bond donors (Lipinski definition) is 0. The van der Waals surface area contributed by atoms with Crippen molar-refractivity contribution >= 4 is 58.9 Å². The fourth-order valence-corrected chi connectivity index (χ4v) is 3.29. The van der Waals surface area contributed by atoms with E-state index in [0.717, 1.165) is 14.9 Å². The minimum Gasteiger partial charge on any atom is -0.364 e. The lowest BCUT2D eigenvalue weighted by Crippen LogP contribution is -2.42. The van der Waals surface area contributed by atoms with Gasteiger partial charge in [-0.1, -0.05) is 31.2 Å². The first-order valence-corrected chi connectivity index (χ1v) is 10.4. The van der Waals surface area contributed by atoms with Crippen molar-refractivity contribution in [3.8, 4) is 0 Å². The molecule has 0 atom stereocenters. The van der Waals surface area contributed by atoms with E-state index in [0.29, 0.717) is 17.4 Å². The molecule has 0 aliphatic heterocycles. The van der Waals surface area contributed by atoms with Crippen molar-refractivity contribution in [3.05, 3.63) is 8.98 Å². The number of halogens is 2. The van der Waals surface area contributed by atoms with E-state index in [2.05, 4.69) is 57.2 Å². The topological polar surface area (TPSA) is 52.8 Å². The Hall–Kier alpha value is -0.253. The van der Waals surface area contributed by atoms with E-state index in [1.165, 1.54) is 0 Å². The van der Waals surface area contributed by atoms with Crippen LogP contribution in [0, 0.1) is 3.83 Å². The van der Waals surface area contributed by atoms with Crippen molar-refractivity contribution in [1.82, 2.24) is 19.5 Å². The molecule has 0 bridgehead atoms. The van der Waals surface area contributed by atoms with Crippen LogP contribution >= 0.6 is 34.2 Å². The number of hydrogen-bond acceptors (Lipinski definition) is 4. The van der Waals surface area contributed by atoms with Gasteiger partial charge in [0, 0.05) is 29.7 Å². The number of fused-ring (bicyclic) bond motifs is 1. The maximum Gasteiger partial charge on any atom is 0.175 e. The van der Waals surface area contributed by atoms with Gasteiger partial charge in [0.15, 0.2) is 14.6 Å². The van der Waals surface area contributed by atoms with Gasteiger partial charge in [-0.05, 0) is 0 Å². The Morgan fingerprint density at radius 2 is 1.94 bits per heavy atom. The number of ether oxygens (including phenoxy) is 1. The number of imidazole rings is 1. The SMILES string of the molecule is COCn1c(I)nc2c(Cl)nc([Si](C)(C)C)nc21. The van der Waals surface area contributed by atoms with Crippen LogP contribution in [0.2, 0.25) is 24.8 Å². The van der Waals surface area contributed by atoms with E-state index < -0.39 is 8.07 Å². The van der Waals surface area contributed by atoms with Crippen molar-refractivity contribution in [3.63, 3.8) is 0 Å². The van der Waals surface area contributed by atoms with E-state index in [4.69, 9.17) is 16.3 Å². The molecule has 0 aliphatic carbocycles. The third-order valence-corrected chi connectivity index (χ3v) is 5.09. The minimum absolute atomic E-state index is 0.410. The third kappa shape index (κ3) is 2.54. The van der Waals surface area contributed by atoms with Crippen molar-refractivity contribution in [2.75, 3.05) is 7.11 Å². The second-order valence-electron chi connectivity index (χ2n) is 4.99. The molecule has 5 nitrogen and oxygen atoms in total. The van der Waals surface area contributed by atoms with E-state index in [9.17, 15) is 0 Å². The lowest BCUT2D eigenvalue weighted by Gasteiger charge is -2.14. The molecule has 0 saturated heterocycles. The lowest BCUT2D eigenvalue weighted by atomic mass is 10.5. The molecule has 0 aliphatic rings. The molecule has 2 heterocycles. The van der Waals surface area contributed by atoms with Gasteiger partial charge in [-0.25, -0.2) is 15.0 Å². The van der Waals surface area contributed by atoms with Crippen molar-refractivity contribution in [2.45, 2.75) is 26.4 Å². The van der Waals surface area contributed by atoms with Crippen LogP contribution in [0.3, 0.4) is 0 Å². The Morgan fingerprint density at radius 3 is 2.50 bits per heavy atom. The summed E-state index contributed by atoms with van der Waals surface area (Å²) in [4.78, 5) is 13.4. The predicted molar refractivity (Wildman–Crippen MR) is 83.0 cm³/mol. The zero-order valence-electron chi connectivity index (χ0n) is 10.7. The Bertz CT molecular complexity index is 596. The quantitative estimate of drug-likeness (QED) is 0.345. The van der Waals surface area contributed by atoms with Crippen LogP contribution in [-0.4, -0.2) is 34.7 Å². The van der Waals surface area contributed by atoms with Gasteiger partial charge in [0.1, 0.15) is 25.8 Å². The fourth-order valence-electron chi connectivity index (χ4n) is 1.52. The first-order chi connectivity index (χ1) is 8.34. The molecule has 0 radical (unpaired) electrons. The Balaban J connectivity index is 2.73. The first-order valence-electron chi connectivity index (χ1n) is 5.43. The molecule has 0 unspecified atom stereocenters. The van der Waals surface area contributed by atoms with Crippen molar-refractivity contribution in [2.24, 2.45) is 0 Å². The van der Waals surface area contributed by atoms with Crippen LogP contribution < -0.4 is 5.45 Å². The van der Waals surface area contributed by atoms with Crippen LogP contribution in [0.4, 0.5) is 0 Å². The summed E-state index contributed by atoms with van der Waals surface area (Å²) in [6.07, 6.45) is 0. The second-order valence-corrected chi connectivity index (χ2v) is 11.3. The molecule has 2 aromatic rings. The Kier molecular flexibility index (Phi) is 3.95. The maximum absolute atomic E-state index is 6.20. The van der Waals surface area contributed by atoms with E-state index >= 15 is 0 Å². The summed E-state index contributed by atoms with van der Waals surface area (Å²) in [5.41, 5.74) is 2.23. The molecule has 0 N–H and O–H groups in total. The average Bonchev–Trinajstić information content (AvgIpc) is 2.56. The number of aromatic nitrogens is 4. The van der Waals surface area contributed by atoms with E-state index in [1.54, 1.807) is 7.11 Å². The van der Waals surface area contributed by atoms with Gasteiger partial charge >= 0.3 is 0 Å². The summed E-state index contributed by atoms with van der Waals surface area (Å²) in [5.74, 6) is 0. The molecule has 0 aromatic carbocycles. The number of rotatable bonds is 3. The summed E-state index contributed by atoms with van der Waals surface area (Å²) in [7, 11) is 0.0334. The van der Waals surface area contributed by atoms with Crippen LogP contribution in [0.15, 0.2) is 0 Å². The molecule has 8 heteroatoms. The fraction of sp³-hybridized carbons (Fsp3) is 0.500.